The van der Waals surface area contributed by atoms with Crippen molar-refractivity contribution < 1.29 is 14.3 Å². The molecule has 5 nitrogen and oxygen atoms in total. The zero-order chi connectivity index (χ0) is 13.5. The van der Waals surface area contributed by atoms with E-state index in [9.17, 15) is 4.79 Å². The minimum atomic E-state index is -0.167. The van der Waals surface area contributed by atoms with Gasteiger partial charge in [-0.1, -0.05) is 12.1 Å². The number of para-hydroxylation sites is 1. The number of amides is 1. The van der Waals surface area contributed by atoms with E-state index in [-0.39, 0.29) is 18.6 Å². The molecule has 0 saturated carbocycles. The second-order valence-corrected chi connectivity index (χ2v) is 4.35. The zero-order valence-electron chi connectivity index (χ0n) is 10.6. The molecule has 1 aliphatic heterocycles. The topological polar surface area (TPSA) is 71.3 Å². The van der Waals surface area contributed by atoms with Crippen LogP contribution >= 0.6 is 0 Å². The van der Waals surface area contributed by atoms with Crippen LogP contribution in [0.25, 0.3) is 0 Å². The summed E-state index contributed by atoms with van der Waals surface area (Å²) in [6.07, 6.45) is 1.67. The van der Waals surface area contributed by atoms with Crippen molar-refractivity contribution in [3.05, 3.63) is 29.8 Å². The average molecular weight is 260 g/mol. The van der Waals surface area contributed by atoms with Crippen LogP contribution < -0.4 is 10.1 Å². The van der Waals surface area contributed by atoms with Crippen LogP contribution in [-0.4, -0.2) is 31.8 Å². The number of ether oxygens (including phenoxy) is 2. The maximum Gasteiger partial charge on any atom is 0.258 e. The molecule has 0 aromatic heterocycles. The lowest BCUT2D eigenvalue weighted by molar-refractivity contribution is -0.124. The van der Waals surface area contributed by atoms with Crippen LogP contribution in [0.4, 0.5) is 0 Å². The first-order valence-electron chi connectivity index (χ1n) is 6.28. The van der Waals surface area contributed by atoms with Crippen molar-refractivity contribution in [3.8, 4) is 11.8 Å². The van der Waals surface area contributed by atoms with Crippen LogP contribution in [0.3, 0.4) is 0 Å². The smallest absolute Gasteiger partial charge is 0.258 e. The number of nitrogens with zero attached hydrogens (tertiary/aromatic N) is 1. The highest BCUT2D eigenvalue weighted by Crippen LogP contribution is 2.16. The molecule has 1 amide bonds. The van der Waals surface area contributed by atoms with Gasteiger partial charge in [-0.3, -0.25) is 4.79 Å². The Morgan fingerprint density at radius 2 is 2.16 bits per heavy atom. The van der Waals surface area contributed by atoms with E-state index in [2.05, 4.69) is 5.32 Å². The quantitative estimate of drug-likeness (QED) is 0.884. The summed E-state index contributed by atoms with van der Waals surface area (Å²) < 4.78 is 10.6. The van der Waals surface area contributed by atoms with Crippen molar-refractivity contribution in [1.29, 1.82) is 5.26 Å². The van der Waals surface area contributed by atoms with Crippen LogP contribution in [0.5, 0.6) is 5.75 Å². The molecule has 1 fully saturated rings. The van der Waals surface area contributed by atoms with Crippen molar-refractivity contribution in [2.75, 3.05) is 19.8 Å². The standard InChI is InChI=1S/C14H16N2O3/c15-9-11-3-1-2-4-13(11)19-10-14(17)16-12-5-7-18-8-6-12/h1-4,12H,5-8,10H2,(H,16,17). The van der Waals surface area contributed by atoms with Crippen LogP contribution in [0.1, 0.15) is 18.4 Å². The Balaban J connectivity index is 1.81. The number of carbonyl (C=O) groups excluding carboxylic acids is 1. The van der Waals surface area contributed by atoms with E-state index in [1.807, 2.05) is 6.07 Å². The summed E-state index contributed by atoms with van der Waals surface area (Å²) in [4.78, 5) is 11.7. The van der Waals surface area contributed by atoms with E-state index in [1.54, 1.807) is 24.3 Å². The number of rotatable bonds is 4. The van der Waals surface area contributed by atoms with Gasteiger partial charge in [0.05, 0.1) is 5.56 Å². The largest absolute Gasteiger partial charge is 0.482 e. The van der Waals surface area contributed by atoms with Gasteiger partial charge in [-0.2, -0.15) is 5.26 Å². The summed E-state index contributed by atoms with van der Waals surface area (Å²) in [6, 6.07) is 9.06. The number of nitrogens with one attached hydrogen (secondary N) is 1. The molecule has 1 aliphatic rings. The maximum atomic E-state index is 11.7. The van der Waals surface area contributed by atoms with Gasteiger partial charge in [0, 0.05) is 19.3 Å². The van der Waals surface area contributed by atoms with Gasteiger partial charge in [-0.25, -0.2) is 0 Å². The summed E-state index contributed by atoms with van der Waals surface area (Å²) in [7, 11) is 0. The number of carbonyl (C=O) groups is 1. The Hall–Kier alpha value is -2.06. The van der Waals surface area contributed by atoms with Crippen molar-refractivity contribution in [2.45, 2.75) is 18.9 Å². The van der Waals surface area contributed by atoms with E-state index in [0.717, 1.165) is 12.8 Å². The molecule has 0 spiro atoms. The molecule has 1 aromatic carbocycles. The molecular weight excluding hydrogens is 244 g/mol. The van der Waals surface area contributed by atoms with Crippen molar-refractivity contribution >= 4 is 5.91 Å². The van der Waals surface area contributed by atoms with Crippen molar-refractivity contribution in [3.63, 3.8) is 0 Å². The number of nitriles is 1. The molecule has 5 heteroatoms. The minimum absolute atomic E-state index is 0.0734. The Kier molecular flexibility index (Phi) is 4.76. The number of hydrogen-bond donors (Lipinski definition) is 1. The second-order valence-electron chi connectivity index (χ2n) is 4.35. The third-order valence-corrected chi connectivity index (χ3v) is 2.95. The molecule has 2 rings (SSSR count). The Bertz CT molecular complexity index is 476. The molecule has 19 heavy (non-hydrogen) atoms. The van der Waals surface area contributed by atoms with Gasteiger partial charge in [0.2, 0.25) is 0 Å². The van der Waals surface area contributed by atoms with E-state index in [0.29, 0.717) is 24.5 Å². The van der Waals surface area contributed by atoms with Crippen LogP contribution in [0, 0.1) is 11.3 Å². The first-order valence-corrected chi connectivity index (χ1v) is 6.28. The average Bonchev–Trinajstić information content (AvgIpc) is 2.46. The Morgan fingerprint density at radius 1 is 1.42 bits per heavy atom. The predicted molar refractivity (Wildman–Crippen MR) is 68.6 cm³/mol. The van der Waals surface area contributed by atoms with Gasteiger partial charge in [0.15, 0.2) is 6.61 Å². The summed E-state index contributed by atoms with van der Waals surface area (Å²) in [5.74, 6) is 0.270. The molecule has 1 heterocycles. The van der Waals surface area contributed by atoms with Gasteiger partial charge in [0.1, 0.15) is 11.8 Å². The molecule has 0 bridgehead atoms. The summed E-state index contributed by atoms with van der Waals surface area (Å²) in [6.45, 7) is 1.29. The predicted octanol–water partition coefficient (Wildman–Crippen LogP) is 1.23. The van der Waals surface area contributed by atoms with Crippen molar-refractivity contribution in [1.82, 2.24) is 5.32 Å². The first-order chi connectivity index (χ1) is 9.29. The van der Waals surface area contributed by atoms with Crippen LogP contribution in [0.2, 0.25) is 0 Å². The van der Waals surface area contributed by atoms with Crippen LogP contribution in [-0.2, 0) is 9.53 Å². The third-order valence-electron chi connectivity index (χ3n) is 2.95. The highest BCUT2D eigenvalue weighted by Gasteiger charge is 2.16. The SMILES string of the molecule is N#Cc1ccccc1OCC(=O)NC1CCOCC1. The molecule has 0 atom stereocenters. The normalized spacial score (nSPS) is 15.5. The molecule has 0 radical (unpaired) electrons. The van der Waals surface area contributed by atoms with Gasteiger partial charge in [-0.15, -0.1) is 0 Å². The number of hydrogen-bond acceptors (Lipinski definition) is 4. The molecule has 100 valence electrons. The second kappa shape index (κ2) is 6.76. The fraction of sp³-hybridized carbons (Fsp3) is 0.429. The molecular formula is C14H16N2O3. The van der Waals surface area contributed by atoms with E-state index < -0.39 is 0 Å². The Morgan fingerprint density at radius 3 is 2.89 bits per heavy atom. The first kappa shape index (κ1) is 13.4. The summed E-state index contributed by atoms with van der Waals surface area (Å²) in [5, 5.41) is 11.8. The van der Waals surface area contributed by atoms with Crippen LogP contribution in [0.15, 0.2) is 24.3 Å². The highest BCUT2D eigenvalue weighted by atomic mass is 16.5. The van der Waals surface area contributed by atoms with Gasteiger partial charge >= 0.3 is 0 Å². The maximum absolute atomic E-state index is 11.7. The fourth-order valence-electron chi connectivity index (χ4n) is 1.94. The molecule has 1 N–H and O–H groups in total. The van der Waals surface area contributed by atoms with Gasteiger partial charge in [-0.05, 0) is 25.0 Å². The van der Waals surface area contributed by atoms with Gasteiger partial charge in [0.25, 0.3) is 5.91 Å². The molecule has 0 aliphatic carbocycles. The number of benzene rings is 1. The lowest BCUT2D eigenvalue weighted by Gasteiger charge is -2.23. The fourth-order valence-corrected chi connectivity index (χ4v) is 1.94. The third kappa shape index (κ3) is 3.97. The monoisotopic (exact) mass is 260 g/mol. The van der Waals surface area contributed by atoms with Gasteiger partial charge < -0.3 is 14.8 Å². The van der Waals surface area contributed by atoms with E-state index >= 15 is 0 Å². The highest BCUT2D eigenvalue weighted by molar-refractivity contribution is 5.77. The molecule has 0 unspecified atom stereocenters. The Labute approximate surface area is 112 Å². The summed E-state index contributed by atoms with van der Waals surface area (Å²) >= 11 is 0. The minimum Gasteiger partial charge on any atom is -0.482 e. The van der Waals surface area contributed by atoms with E-state index in [1.165, 1.54) is 0 Å². The molecule has 1 aromatic rings. The zero-order valence-corrected chi connectivity index (χ0v) is 10.6. The van der Waals surface area contributed by atoms with E-state index in [4.69, 9.17) is 14.7 Å². The van der Waals surface area contributed by atoms with Crippen molar-refractivity contribution in [2.24, 2.45) is 0 Å². The summed E-state index contributed by atoms with van der Waals surface area (Å²) in [5.41, 5.74) is 0.432. The lowest BCUT2D eigenvalue weighted by Crippen LogP contribution is -2.41. The lowest BCUT2D eigenvalue weighted by atomic mass is 10.1. The molecule has 1 saturated heterocycles.